The van der Waals surface area contributed by atoms with E-state index in [1.807, 2.05) is 6.92 Å². The number of nitrogens with zero attached hydrogens (tertiary/aromatic N) is 2. The SMILES string of the molecule is CCNC(CC1Cc2ccccc21)c1cc(C)nnc1C. The summed E-state index contributed by atoms with van der Waals surface area (Å²) in [6.07, 6.45) is 2.34. The topological polar surface area (TPSA) is 37.8 Å². The first-order chi connectivity index (χ1) is 10.2. The van der Waals surface area contributed by atoms with Crippen LogP contribution in [0.3, 0.4) is 0 Å². The normalized spacial score (nSPS) is 18.0. The zero-order valence-electron chi connectivity index (χ0n) is 13.1. The van der Waals surface area contributed by atoms with Crippen LogP contribution in [0.2, 0.25) is 0 Å². The molecule has 1 aliphatic carbocycles. The maximum atomic E-state index is 4.29. The van der Waals surface area contributed by atoms with Gasteiger partial charge in [0, 0.05) is 6.04 Å². The van der Waals surface area contributed by atoms with Gasteiger partial charge in [0.2, 0.25) is 0 Å². The van der Waals surface area contributed by atoms with Gasteiger partial charge in [-0.3, -0.25) is 0 Å². The highest BCUT2D eigenvalue weighted by Crippen LogP contribution is 2.40. The predicted molar refractivity (Wildman–Crippen MR) is 85.4 cm³/mol. The highest BCUT2D eigenvalue weighted by atomic mass is 15.1. The van der Waals surface area contributed by atoms with Crippen molar-refractivity contribution in [3.63, 3.8) is 0 Å². The molecule has 1 heterocycles. The molecule has 3 rings (SSSR count). The van der Waals surface area contributed by atoms with E-state index in [1.54, 1.807) is 0 Å². The van der Waals surface area contributed by atoms with E-state index < -0.39 is 0 Å². The van der Waals surface area contributed by atoms with Gasteiger partial charge in [-0.05, 0) is 61.9 Å². The molecule has 3 heteroatoms. The predicted octanol–water partition coefficient (Wildman–Crippen LogP) is 3.47. The number of benzene rings is 1. The van der Waals surface area contributed by atoms with E-state index in [4.69, 9.17) is 0 Å². The number of aromatic nitrogens is 2. The van der Waals surface area contributed by atoms with Crippen molar-refractivity contribution >= 4 is 0 Å². The Hall–Kier alpha value is -1.74. The van der Waals surface area contributed by atoms with Crippen molar-refractivity contribution in [3.05, 3.63) is 58.4 Å². The molecule has 0 bridgehead atoms. The lowest BCUT2D eigenvalue weighted by atomic mass is 9.73. The molecule has 0 amide bonds. The molecule has 3 nitrogen and oxygen atoms in total. The van der Waals surface area contributed by atoms with Gasteiger partial charge >= 0.3 is 0 Å². The van der Waals surface area contributed by atoms with E-state index in [1.165, 1.54) is 23.1 Å². The van der Waals surface area contributed by atoms with E-state index in [0.717, 1.165) is 24.4 Å². The maximum Gasteiger partial charge on any atom is 0.0648 e. The quantitative estimate of drug-likeness (QED) is 0.912. The molecule has 0 fully saturated rings. The van der Waals surface area contributed by atoms with E-state index in [2.05, 4.69) is 59.7 Å². The molecule has 0 saturated carbocycles. The Labute approximate surface area is 126 Å². The molecule has 21 heavy (non-hydrogen) atoms. The molecule has 110 valence electrons. The van der Waals surface area contributed by atoms with E-state index in [0.29, 0.717) is 12.0 Å². The summed E-state index contributed by atoms with van der Waals surface area (Å²) in [5.74, 6) is 0.665. The van der Waals surface area contributed by atoms with Crippen LogP contribution in [-0.2, 0) is 6.42 Å². The van der Waals surface area contributed by atoms with Gasteiger partial charge in [-0.15, -0.1) is 0 Å². The Morgan fingerprint density at radius 3 is 2.81 bits per heavy atom. The van der Waals surface area contributed by atoms with Gasteiger partial charge in [-0.1, -0.05) is 31.2 Å². The zero-order valence-corrected chi connectivity index (χ0v) is 13.1. The van der Waals surface area contributed by atoms with Crippen molar-refractivity contribution in [2.45, 2.75) is 45.6 Å². The highest BCUT2D eigenvalue weighted by molar-refractivity contribution is 5.40. The molecule has 2 unspecified atom stereocenters. The Kier molecular flexibility index (Phi) is 4.02. The number of fused-ring (bicyclic) bond motifs is 1. The van der Waals surface area contributed by atoms with Gasteiger partial charge in [0.15, 0.2) is 0 Å². The van der Waals surface area contributed by atoms with Crippen LogP contribution >= 0.6 is 0 Å². The zero-order chi connectivity index (χ0) is 14.8. The van der Waals surface area contributed by atoms with E-state index in [-0.39, 0.29) is 0 Å². The third-order valence-electron chi connectivity index (χ3n) is 4.45. The summed E-state index contributed by atoms with van der Waals surface area (Å²) in [4.78, 5) is 0. The summed E-state index contributed by atoms with van der Waals surface area (Å²) in [6.45, 7) is 7.21. The van der Waals surface area contributed by atoms with Gasteiger partial charge in [0.1, 0.15) is 0 Å². The van der Waals surface area contributed by atoms with Gasteiger partial charge in [-0.2, -0.15) is 10.2 Å². The third-order valence-corrected chi connectivity index (χ3v) is 4.45. The van der Waals surface area contributed by atoms with Crippen LogP contribution in [0.25, 0.3) is 0 Å². The van der Waals surface area contributed by atoms with Crippen LogP contribution in [0, 0.1) is 13.8 Å². The maximum absolute atomic E-state index is 4.29. The van der Waals surface area contributed by atoms with Crippen molar-refractivity contribution in [1.82, 2.24) is 15.5 Å². The number of hydrogen-bond donors (Lipinski definition) is 1. The van der Waals surface area contributed by atoms with Crippen LogP contribution in [0.15, 0.2) is 30.3 Å². The van der Waals surface area contributed by atoms with Gasteiger partial charge < -0.3 is 5.32 Å². The fraction of sp³-hybridized carbons (Fsp3) is 0.444. The summed E-state index contributed by atoms with van der Waals surface area (Å²) in [6, 6.07) is 11.4. The van der Waals surface area contributed by atoms with Crippen molar-refractivity contribution in [3.8, 4) is 0 Å². The number of aryl methyl sites for hydroxylation is 2. The largest absolute Gasteiger partial charge is 0.310 e. The minimum atomic E-state index is 0.363. The van der Waals surface area contributed by atoms with Crippen LogP contribution < -0.4 is 5.32 Å². The van der Waals surface area contributed by atoms with Crippen LogP contribution in [0.4, 0.5) is 0 Å². The van der Waals surface area contributed by atoms with Crippen molar-refractivity contribution in [2.75, 3.05) is 6.54 Å². The molecular weight excluding hydrogens is 258 g/mol. The second kappa shape index (κ2) is 5.94. The lowest BCUT2D eigenvalue weighted by molar-refractivity contribution is 0.432. The molecule has 0 aliphatic heterocycles. The van der Waals surface area contributed by atoms with Crippen molar-refractivity contribution in [2.24, 2.45) is 0 Å². The van der Waals surface area contributed by atoms with Crippen molar-refractivity contribution < 1.29 is 0 Å². The molecule has 2 aromatic rings. The lowest BCUT2D eigenvalue weighted by Gasteiger charge is -2.33. The fourth-order valence-electron chi connectivity index (χ4n) is 3.35. The molecule has 2 atom stereocenters. The molecule has 1 aliphatic rings. The Morgan fingerprint density at radius 2 is 2.05 bits per heavy atom. The van der Waals surface area contributed by atoms with Gasteiger partial charge in [-0.25, -0.2) is 0 Å². The minimum Gasteiger partial charge on any atom is -0.310 e. The average Bonchev–Trinajstić information content (AvgIpc) is 2.46. The standard InChI is InChI=1S/C18H23N3/c1-4-19-18(17-9-12(2)20-21-13(17)3)11-15-10-14-7-5-6-8-16(14)15/h5-9,15,18-19H,4,10-11H2,1-3H3. The van der Waals surface area contributed by atoms with Crippen LogP contribution in [0.1, 0.15) is 53.4 Å². The Balaban J connectivity index is 1.81. The Morgan fingerprint density at radius 1 is 1.24 bits per heavy atom. The second-order valence-corrected chi connectivity index (χ2v) is 5.97. The van der Waals surface area contributed by atoms with Gasteiger partial charge in [0.05, 0.1) is 11.4 Å². The molecular formula is C18H23N3. The fourth-order valence-corrected chi connectivity index (χ4v) is 3.35. The van der Waals surface area contributed by atoms with E-state index >= 15 is 0 Å². The molecule has 1 aromatic heterocycles. The lowest BCUT2D eigenvalue weighted by Crippen LogP contribution is -2.28. The van der Waals surface area contributed by atoms with E-state index in [9.17, 15) is 0 Å². The van der Waals surface area contributed by atoms with Gasteiger partial charge in [0.25, 0.3) is 0 Å². The first-order valence-corrected chi connectivity index (χ1v) is 7.81. The minimum absolute atomic E-state index is 0.363. The molecule has 1 N–H and O–H groups in total. The monoisotopic (exact) mass is 281 g/mol. The van der Waals surface area contributed by atoms with Crippen LogP contribution in [-0.4, -0.2) is 16.7 Å². The summed E-state index contributed by atoms with van der Waals surface area (Å²) in [5, 5.41) is 12.1. The third kappa shape index (κ3) is 2.84. The second-order valence-electron chi connectivity index (χ2n) is 5.97. The number of nitrogens with one attached hydrogen (secondary N) is 1. The summed E-state index contributed by atoms with van der Waals surface area (Å²) >= 11 is 0. The molecule has 0 spiro atoms. The van der Waals surface area contributed by atoms with Crippen molar-refractivity contribution in [1.29, 1.82) is 0 Å². The molecule has 0 radical (unpaired) electrons. The summed E-state index contributed by atoms with van der Waals surface area (Å²) in [5.41, 5.74) is 6.37. The number of rotatable bonds is 5. The number of hydrogen-bond acceptors (Lipinski definition) is 3. The van der Waals surface area contributed by atoms with Crippen LogP contribution in [0.5, 0.6) is 0 Å². The molecule has 1 aromatic carbocycles. The first kappa shape index (κ1) is 14.2. The average molecular weight is 281 g/mol. The smallest absolute Gasteiger partial charge is 0.0648 e. The summed E-state index contributed by atoms with van der Waals surface area (Å²) in [7, 11) is 0. The first-order valence-electron chi connectivity index (χ1n) is 7.81. The Bertz CT molecular complexity index is 636. The molecule has 0 saturated heterocycles. The summed E-state index contributed by atoms with van der Waals surface area (Å²) < 4.78 is 0. The highest BCUT2D eigenvalue weighted by Gasteiger charge is 2.29.